The normalized spacial score (nSPS) is 20.2. The smallest absolute Gasteiger partial charge is 0.211 e. The molecule has 1 aromatic heterocycles. The number of aromatic nitrogens is 1. The lowest BCUT2D eigenvalue weighted by Crippen LogP contribution is -2.33. The molecule has 2 rings (SSSR count). The maximum atomic E-state index is 11.9. The molecule has 0 saturated carbocycles. The van der Waals surface area contributed by atoms with E-state index in [1.54, 1.807) is 6.20 Å². The van der Waals surface area contributed by atoms with Crippen LogP contribution < -0.4 is 0 Å². The Morgan fingerprint density at radius 3 is 2.85 bits per heavy atom. The molecule has 0 N–H and O–H groups in total. The van der Waals surface area contributed by atoms with Gasteiger partial charge in [-0.25, -0.2) is 8.42 Å². The molecule has 0 spiro atoms. The molecule has 0 amide bonds. The van der Waals surface area contributed by atoms with Crippen molar-refractivity contribution in [2.24, 2.45) is 0 Å². The van der Waals surface area contributed by atoms with Crippen molar-refractivity contribution in [1.82, 2.24) is 9.29 Å². The number of rotatable bonds is 6. The van der Waals surface area contributed by atoms with Crippen molar-refractivity contribution in [1.29, 1.82) is 0 Å². The van der Waals surface area contributed by atoms with Crippen LogP contribution in [0.5, 0.6) is 0 Å². The minimum atomic E-state index is -3.23. The van der Waals surface area contributed by atoms with Crippen molar-refractivity contribution in [2.45, 2.75) is 38.3 Å². The highest BCUT2D eigenvalue weighted by Gasteiger charge is 2.21. The van der Waals surface area contributed by atoms with Crippen LogP contribution in [0.4, 0.5) is 0 Å². The summed E-state index contributed by atoms with van der Waals surface area (Å²) in [5.41, 5.74) is 0.766. The standard InChI is InChI=1S/C14H22N2O3S/c1-20(17,18)16(12-13-6-2-4-9-15-13)10-8-14-7-3-5-11-19-14/h2,4,6,9,14H,3,5,7-8,10-12H2,1H3. The fourth-order valence-corrected chi connectivity index (χ4v) is 3.16. The zero-order valence-corrected chi connectivity index (χ0v) is 12.7. The van der Waals surface area contributed by atoms with Gasteiger partial charge in [0.15, 0.2) is 0 Å². The average Bonchev–Trinajstić information content (AvgIpc) is 2.44. The highest BCUT2D eigenvalue weighted by Crippen LogP contribution is 2.17. The topological polar surface area (TPSA) is 59.5 Å². The Bertz CT molecular complexity index is 498. The number of hydrogen-bond donors (Lipinski definition) is 0. The van der Waals surface area contributed by atoms with Crippen molar-refractivity contribution in [3.05, 3.63) is 30.1 Å². The second kappa shape index (κ2) is 7.15. The monoisotopic (exact) mass is 298 g/mol. The van der Waals surface area contributed by atoms with Crippen molar-refractivity contribution in [3.63, 3.8) is 0 Å². The lowest BCUT2D eigenvalue weighted by molar-refractivity contribution is 0.00868. The predicted octanol–water partition coefficient (Wildman–Crippen LogP) is 1.80. The zero-order chi connectivity index (χ0) is 14.4. The molecule has 1 fully saturated rings. The number of ether oxygens (including phenoxy) is 1. The third kappa shape index (κ3) is 4.85. The molecule has 0 aromatic carbocycles. The van der Waals surface area contributed by atoms with E-state index < -0.39 is 10.0 Å². The van der Waals surface area contributed by atoms with Gasteiger partial charge in [0.2, 0.25) is 10.0 Å². The van der Waals surface area contributed by atoms with Crippen LogP contribution in [-0.4, -0.2) is 43.2 Å². The Hall–Kier alpha value is -0.980. The van der Waals surface area contributed by atoms with Crippen LogP contribution >= 0.6 is 0 Å². The number of pyridine rings is 1. The predicted molar refractivity (Wildman–Crippen MR) is 77.7 cm³/mol. The van der Waals surface area contributed by atoms with Gasteiger partial charge in [0.05, 0.1) is 24.6 Å². The van der Waals surface area contributed by atoms with Crippen LogP contribution in [0.25, 0.3) is 0 Å². The molecule has 1 aromatic rings. The summed E-state index contributed by atoms with van der Waals surface area (Å²) in [5.74, 6) is 0. The quantitative estimate of drug-likeness (QED) is 0.803. The molecule has 112 valence electrons. The SMILES string of the molecule is CS(=O)(=O)N(CCC1CCCCO1)Cc1ccccn1. The van der Waals surface area contributed by atoms with Gasteiger partial charge in [-0.05, 0) is 37.8 Å². The van der Waals surface area contributed by atoms with Crippen LogP contribution in [0.1, 0.15) is 31.4 Å². The van der Waals surface area contributed by atoms with Gasteiger partial charge < -0.3 is 4.74 Å². The van der Waals surface area contributed by atoms with Gasteiger partial charge in [0, 0.05) is 19.3 Å². The van der Waals surface area contributed by atoms with E-state index in [0.29, 0.717) is 13.1 Å². The van der Waals surface area contributed by atoms with Crippen molar-refractivity contribution in [2.75, 3.05) is 19.4 Å². The molecule has 2 heterocycles. The number of nitrogens with zero attached hydrogens (tertiary/aromatic N) is 2. The Morgan fingerprint density at radius 1 is 1.40 bits per heavy atom. The first-order valence-corrected chi connectivity index (χ1v) is 8.87. The molecule has 20 heavy (non-hydrogen) atoms. The first-order chi connectivity index (χ1) is 9.55. The molecule has 1 saturated heterocycles. The maximum absolute atomic E-state index is 11.9. The fourth-order valence-electron chi connectivity index (χ4n) is 2.36. The number of sulfonamides is 1. The second-order valence-electron chi connectivity index (χ2n) is 5.19. The van der Waals surface area contributed by atoms with Crippen molar-refractivity contribution in [3.8, 4) is 0 Å². The van der Waals surface area contributed by atoms with Crippen molar-refractivity contribution < 1.29 is 13.2 Å². The molecule has 0 radical (unpaired) electrons. The third-order valence-electron chi connectivity index (χ3n) is 3.51. The molecule has 1 aliphatic rings. The highest BCUT2D eigenvalue weighted by molar-refractivity contribution is 7.88. The first kappa shape index (κ1) is 15.4. The van der Waals surface area contributed by atoms with E-state index >= 15 is 0 Å². The molecule has 1 atom stereocenters. The van der Waals surface area contributed by atoms with E-state index in [9.17, 15) is 8.42 Å². The molecule has 1 unspecified atom stereocenters. The van der Waals surface area contributed by atoms with Crippen LogP contribution in [0.2, 0.25) is 0 Å². The molecule has 6 heteroatoms. The highest BCUT2D eigenvalue weighted by atomic mass is 32.2. The molecule has 1 aliphatic heterocycles. The Kier molecular flexibility index (Phi) is 5.51. The van der Waals surface area contributed by atoms with Crippen LogP contribution in [-0.2, 0) is 21.3 Å². The van der Waals surface area contributed by atoms with E-state index in [1.807, 2.05) is 18.2 Å². The number of hydrogen-bond acceptors (Lipinski definition) is 4. The summed E-state index contributed by atoms with van der Waals surface area (Å²) in [7, 11) is -3.23. The van der Waals surface area contributed by atoms with Crippen LogP contribution in [0, 0.1) is 0 Å². The molecule has 5 nitrogen and oxygen atoms in total. The summed E-state index contributed by atoms with van der Waals surface area (Å²) in [6.45, 7) is 1.61. The van der Waals surface area contributed by atoms with Gasteiger partial charge in [-0.1, -0.05) is 6.07 Å². The molecule has 0 aliphatic carbocycles. The van der Waals surface area contributed by atoms with E-state index in [2.05, 4.69) is 4.98 Å². The van der Waals surface area contributed by atoms with Gasteiger partial charge in [-0.3, -0.25) is 4.98 Å². The Labute approximate surface area is 121 Å². The summed E-state index contributed by atoms with van der Waals surface area (Å²) in [4.78, 5) is 4.19. The summed E-state index contributed by atoms with van der Waals surface area (Å²) in [6, 6.07) is 5.53. The first-order valence-electron chi connectivity index (χ1n) is 7.02. The Morgan fingerprint density at radius 2 is 2.25 bits per heavy atom. The molecular weight excluding hydrogens is 276 g/mol. The van der Waals surface area contributed by atoms with Crippen LogP contribution in [0.3, 0.4) is 0 Å². The van der Waals surface area contributed by atoms with Gasteiger partial charge in [0.25, 0.3) is 0 Å². The summed E-state index contributed by atoms with van der Waals surface area (Å²) in [6.07, 6.45) is 7.18. The van der Waals surface area contributed by atoms with Crippen molar-refractivity contribution >= 4 is 10.0 Å². The van der Waals surface area contributed by atoms with Crippen LogP contribution in [0.15, 0.2) is 24.4 Å². The minimum absolute atomic E-state index is 0.191. The third-order valence-corrected chi connectivity index (χ3v) is 4.76. The zero-order valence-electron chi connectivity index (χ0n) is 11.9. The van der Waals surface area contributed by atoms with Gasteiger partial charge >= 0.3 is 0 Å². The summed E-state index contributed by atoms with van der Waals surface area (Å²) >= 11 is 0. The largest absolute Gasteiger partial charge is 0.378 e. The van der Waals surface area contributed by atoms with Gasteiger partial charge in [0.1, 0.15) is 0 Å². The van der Waals surface area contributed by atoms with Gasteiger partial charge in [-0.15, -0.1) is 0 Å². The van der Waals surface area contributed by atoms with E-state index in [1.165, 1.54) is 17.0 Å². The fraction of sp³-hybridized carbons (Fsp3) is 0.643. The molecular formula is C14H22N2O3S. The average molecular weight is 298 g/mol. The molecule has 0 bridgehead atoms. The van der Waals surface area contributed by atoms with E-state index in [-0.39, 0.29) is 6.10 Å². The van der Waals surface area contributed by atoms with E-state index in [0.717, 1.165) is 31.6 Å². The Balaban J connectivity index is 1.94. The lowest BCUT2D eigenvalue weighted by atomic mass is 10.1. The lowest BCUT2D eigenvalue weighted by Gasteiger charge is -2.26. The summed E-state index contributed by atoms with van der Waals surface area (Å²) in [5, 5.41) is 0. The van der Waals surface area contributed by atoms with Gasteiger partial charge in [-0.2, -0.15) is 4.31 Å². The maximum Gasteiger partial charge on any atom is 0.211 e. The van der Waals surface area contributed by atoms with E-state index in [4.69, 9.17) is 4.74 Å². The second-order valence-corrected chi connectivity index (χ2v) is 7.18. The summed E-state index contributed by atoms with van der Waals surface area (Å²) < 4.78 is 30.9. The minimum Gasteiger partial charge on any atom is -0.378 e.